The molecule has 0 spiro atoms. The fraction of sp³-hybridized carbons (Fsp3) is 0.0370. The van der Waals surface area contributed by atoms with Crippen LogP contribution in [-0.2, 0) is 6.61 Å². The highest BCUT2D eigenvalue weighted by Crippen LogP contribution is 2.32. The Morgan fingerprint density at radius 2 is 1.61 bits per heavy atom. The quantitative estimate of drug-likeness (QED) is 0.258. The molecule has 0 amide bonds. The summed E-state index contributed by atoms with van der Waals surface area (Å²) >= 11 is 5.97. The summed E-state index contributed by atoms with van der Waals surface area (Å²) in [4.78, 5) is 0. The first-order valence-corrected chi connectivity index (χ1v) is 10.1. The summed E-state index contributed by atoms with van der Waals surface area (Å²) in [6.07, 6.45) is 1.85. The van der Waals surface area contributed by atoms with Crippen LogP contribution in [0, 0.1) is 22.7 Å². The summed E-state index contributed by atoms with van der Waals surface area (Å²) in [6.45, 7) is 0.384. The first kappa shape index (κ1) is 20.2. The van der Waals surface area contributed by atoms with Crippen LogP contribution in [0.1, 0.15) is 22.3 Å². The summed E-state index contributed by atoms with van der Waals surface area (Å²) in [5.41, 5.74) is 3.64. The number of nitrogens with zero attached hydrogens (tertiary/aromatic N) is 2. The van der Waals surface area contributed by atoms with Gasteiger partial charge in [-0.25, -0.2) is 0 Å². The molecule has 4 rings (SSSR count). The highest BCUT2D eigenvalue weighted by atomic mass is 35.5. The Labute approximate surface area is 186 Å². The maximum absolute atomic E-state index is 9.83. The number of fused-ring (bicyclic) bond motifs is 1. The van der Waals surface area contributed by atoms with Gasteiger partial charge in [-0.1, -0.05) is 66.2 Å². The molecule has 4 aromatic rings. The van der Waals surface area contributed by atoms with Gasteiger partial charge in [-0.2, -0.15) is 10.5 Å². The van der Waals surface area contributed by atoms with Gasteiger partial charge in [0.2, 0.25) is 0 Å². The smallest absolute Gasteiger partial charge is 0.127 e. The molecule has 0 radical (unpaired) electrons. The molecule has 0 N–H and O–H groups in total. The monoisotopic (exact) mass is 420 g/mol. The molecule has 3 nitrogen and oxygen atoms in total. The van der Waals surface area contributed by atoms with Gasteiger partial charge in [0.25, 0.3) is 0 Å². The maximum atomic E-state index is 9.83. The maximum Gasteiger partial charge on any atom is 0.127 e. The molecule has 0 aliphatic carbocycles. The van der Waals surface area contributed by atoms with E-state index in [4.69, 9.17) is 21.6 Å². The second-order valence-corrected chi connectivity index (χ2v) is 7.41. The van der Waals surface area contributed by atoms with E-state index >= 15 is 0 Å². The van der Waals surface area contributed by atoms with Gasteiger partial charge < -0.3 is 4.74 Å². The van der Waals surface area contributed by atoms with Gasteiger partial charge >= 0.3 is 0 Å². The molecule has 0 aliphatic heterocycles. The normalized spacial score (nSPS) is 11.0. The first-order valence-electron chi connectivity index (χ1n) is 9.69. The average Bonchev–Trinajstić information content (AvgIpc) is 2.82. The molecule has 4 heteroatoms. The Balaban J connectivity index is 1.77. The van der Waals surface area contributed by atoms with E-state index in [9.17, 15) is 5.26 Å². The van der Waals surface area contributed by atoms with Crippen molar-refractivity contribution in [3.05, 3.63) is 112 Å². The Kier molecular flexibility index (Phi) is 5.99. The van der Waals surface area contributed by atoms with E-state index in [1.165, 1.54) is 0 Å². The minimum atomic E-state index is 0.384. The van der Waals surface area contributed by atoms with Crippen LogP contribution in [0.15, 0.2) is 84.9 Å². The van der Waals surface area contributed by atoms with Crippen molar-refractivity contribution in [2.75, 3.05) is 0 Å². The van der Waals surface area contributed by atoms with Crippen molar-refractivity contribution in [3.63, 3.8) is 0 Å². The highest BCUT2D eigenvalue weighted by Gasteiger charge is 2.10. The van der Waals surface area contributed by atoms with Crippen molar-refractivity contribution in [1.82, 2.24) is 0 Å². The predicted molar refractivity (Wildman–Crippen MR) is 124 cm³/mol. The number of halogens is 1. The molecule has 0 aromatic heterocycles. The van der Waals surface area contributed by atoms with Crippen LogP contribution in [-0.4, -0.2) is 0 Å². The molecule has 0 heterocycles. The van der Waals surface area contributed by atoms with E-state index in [0.29, 0.717) is 28.5 Å². The molecule has 0 unspecified atom stereocenters. The Bertz CT molecular complexity index is 1340. The number of ether oxygens (including phenoxy) is 1. The van der Waals surface area contributed by atoms with Gasteiger partial charge in [-0.05, 0) is 58.3 Å². The fourth-order valence-electron chi connectivity index (χ4n) is 3.34. The van der Waals surface area contributed by atoms with Crippen LogP contribution in [0.3, 0.4) is 0 Å². The average molecular weight is 421 g/mol. The van der Waals surface area contributed by atoms with E-state index in [0.717, 1.165) is 27.5 Å². The second-order valence-electron chi connectivity index (χ2n) is 6.97. The van der Waals surface area contributed by atoms with Gasteiger partial charge in [0.15, 0.2) is 0 Å². The van der Waals surface area contributed by atoms with Crippen LogP contribution in [0.25, 0.3) is 22.4 Å². The van der Waals surface area contributed by atoms with E-state index in [2.05, 4.69) is 12.1 Å². The summed E-state index contributed by atoms with van der Waals surface area (Å²) in [5, 5.41) is 21.6. The number of hydrogen-bond donors (Lipinski definition) is 0. The summed E-state index contributed by atoms with van der Waals surface area (Å²) in [5.74, 6) is 0.690. The van der Waals surface area contributed by atoms with Crippen molar-refractivity contribution >= 4 is 34.0 Å². The molecule has 148 valence electrons. The number of hydrogen-bond acceptors (Lipinski definition) is 3. The summed E-state index contributed by atoms with van der Waals surface area (Å²) < 4.78 is 6.15. The standard InChI is InChI=1S/C27H17ClN2O/c28-24-12-7-20(8-13-24)18-31-27-14-11-22-3-1-2-4-25(22)26(27)15-23(17-30)21-9-5-19(16-29)6-10-21/h1-15H,18H2/b23-15+. The molecule has 0 bridgehead atoms. The van der Waals surface area contributed by atoms with Gasteiger partial charge in [-0.15, -0.1) is 0 Å². The third-order valence-electron chi connectivity index (χ3n) is 4.97. The zero-order valence-corrected chi connectivity index (χ0v) is 17.3. The van der Waals surface area contributed by atoms with E-state index < -0.39 is 0 Å². The second kappa shape index (κ2) is 9.18. The van der Waals surface area contributed by atoms with E-state index in [1.807, 2.05) is 66.7 Å². The lowest BCUT2D eigenvalue weighted by Gasteiger charge is -2.13. The molecular weight excluding hydrogens is 404 g/mol. The molecule has 0 saturated carbocycles. The number of rotatable bonds is 5. The predicted octanol–water partition coefficient (Wildman–Crippen LogP) is 7.01. The molecular formula is C27H17ClN2O. The third-order valence-corrected chi connectivity index (χ3v) is 5.22. The molecule has 0 saturated heterocycles. The van der Waals surface area contributed by atoms with E-state index in [-0.39, 0.29) is 0 Å². The van der Waals surface area contributed by atoms with Crippen molar-refractivity contribution in [2.45, 2.75) is 6.61 Å². The van der Waals surface area contributed by atoms with Crippen LogP contribution in [0.4, 0.5) is 0 Å². The van der Waals surface area contributed by atoms with Crippen LogP contribution in [0.5, 0.6) is 5.75 Å². The van der Waals surface area contributed by atoms with Crippen LogP contribution in [0.2, 0.25) is 5.02 Å². The first-order chi connectivity index (χ1) is 15.2. The SMILES string of the molecule is N#C/C(=C\c1c(OCc2ccc(Cl)cc2)ccc2ccccc12)c1ccc(C#N)cc1. The largest absolute Gasteiger partial charge is 0.488 e. The van der Waals surface area contributed by atoms with E-state index in [1.54, 1.807) is 24.3 Å². The number of allylic oxidation sites excluding steroid dienone is 1. The Morgan fingerprint density at radius 1 is 0.871 bits per heavy atom. The minimum Gasteiger partial charge on any atom is -0.488 e. The third kappa shape index (κ3) is 4.59. The van der Waals surface area contributed by atoms with Crippen molar-refractivity contribution < 1.29 is 4.74 Å². The Hall–Kier alpha value is -4.05. The lowest BCUT2D eigenvalue weighted by Crippen LogP contribution is -1.98. The lowest BCUT2D eigenvalue weighted by atomic mass is 9.98. The molecule has 31 heavy (non-hydrogen) atoms. The molecule has 4 aromatic carbocycles. The number of benzene rings is 4. The molecule has 0 atom stereocenters. The van der Waals surface area contributed by atoms with Gasteiger partial charge in [0.05, 0.1) is 23.3 Å². The van der Waals surface area contributed by atoms with Gasteiger partial charge in [0.1, 0.15) is 12.4 Å². The number of nitriles is 2. The molecule has 0 fully saturated rings. The summed E-state index contributed by atoms with van der Waals surface area (Å²) in [6, 6.07) is 30.8. The molecule has 0 aliphatic rings. The minimum absolute atomic E-state index is 0.384. The lowest BCUT2D eigenvalue weighted by molar-refractivity contribution is 0.306. The van der Waals surface area contributed by atoms with Crippen molar-refractivity contribution in [2.24, 2.45) is 0 Å². The Morgan fingerprint density at radius 3 is 2.32 bits per heavy atom. The van der Waals surface area contributed by atoms with Gasteiger partial charge in [0, 0.05) is 10.6 Å². The zero-order valence-electron chi connectivity index (χ0n) is 16.5. The summed E-state index contributed by atoms with van der Waals surface area (Å²) in [7, 11) is 0. The highest BCUT2D eigenvalue weighted by molar-refractivity contribution is 6.30. The topological polar surface area (TPSA) is 56.8 Å². The fourth-order valence-corrected chi connectivity index (χ4v) is 3.47. The zero-order chi connectivity index (χ0) is 21.6. The van der Waals surface area contributed by atoms with Crippen molar-refractivity contribution in [3.8, 4) is 17.9 Å². The van der Waals surface area contributed by atoms with Crippen molar-refractivity contribution in [1.29, 1.82) is 10.5 Å². The van der Waals surface area contributed by atoms with Gasteiger partial charge in [-0.3, -0.25) is 0 Å². The van der Waals surface area contributed by atoms with Crippen LogP contribution >= 0.6 is 11.6 Å². The van der Waals surface area contributed by atoms with Crippen LogP contribution < -0.4 is 4.74 Å².